The Hall–Kier alpha value is -1.36. The molecule has 1 aromatic rings. The van der Waals surface area contributed by atoms with Crippen LogP contribution in [0, 0.1) is 0 Å². The summed E-state index contributed by atoms with van der Waals surface area (Å²) < 4.78 is 0. The van der Waals surface area contributed by atoms with E-state index in [4.69, 9.17) is 10.7 Å². The summed E-state index contributed by atoms with van der Waals surface area (Å²) in [5.41, 5.74) is 5.97. The van der Waals surface area contributed by atoms with Crippen LogP contribution in [-0.4, -0.2) is 36.1 Å². The second-order valence-corrected chi connectivity index (χ2v) is 5.71. The molecule has 104 valence electrons. The number of anilines is 2. The average molecular weight is 261 g/mol. The van der Waals surface area contributed by atoms with Crippen molar-refractivity contribution in [3.05, 3.63) is 11.9 Å². The van der Waals surface area contributed by atoms with Gasteiger partial charge in [-0.25, -0.2) is 9.97 Å². The normalized spacial score (nSPS) is 24.3. The van der Waals surface area contributed by atoms with Crippen molar-refractivity contribution in [3.8, 4) is 0 Å². The first-order valence-electron chi connectivity index (χ1n) is 7.33. The highest BCUT2D eigenvalue weighted by molar-refractivity contribution is 5.48. The third-order valence-electron chi connectivity index (χ3n) is 4.39. The van der Waals surface area contributed by atoms with Crippen LogP contribution in [0.2, 0.25) is 0 Å². The fourth-order valence-corrected chi connectivity index (χ4v) is 3.20. The quantitative estimate of drug-likeness (QED) is 0.863. The number of aromatic nitrogens is 2. The van der Waals surface area contributed by atoms with Gasteiger partial charge < -0.3 is 16.0 Å². The first-order chi connectivity index (χ1) is 9.26. The van der Waals surface area contributed by atoms with Crippen molar-refractivity contribution < 1.29 is 0 Å². The average Bonchev–Trinajstić information content (AvgIpc) is 3.09. The molecule has 2 heterocycles. The fraction of sp³-hybridized carbons (Fsp3) is 0.714. The van der Waals surface area contributed by atoms with Crippen LogP contribution in [0.15, 0.2) is 6.07 Å². The van der Waals surface area contributed by atoms with Crippen LogP contribution in [0.4, 0.5) is 11.6 Å². The van der Waals surface area contributed by atoms with Gasteiger partial charge in [-0.15, -0.1) is 0 Å². The number of nitrogen functional groups attached to an aromatic ring is 1. The zero-order valence-corrected chi connectivity index (χ0v) is 11.6. The Balaban J connectivity index is 1.81. The van der Waals surface area contributed by atoms with Crippen molar-refractivity contribution >= 4 is 11.6 Å². The van der Waals surface area contributed by atoms with Gasteiger partial charge >= 0.3 is 0 Å². The van der Waals surface area contributed by atoms with Crippen LogP contribution in [0.5, 0.6) is 0 Å². The summed E-state index contributed by atoms with van der Waals surface area (Å²) in [5, 5.41) is 3.33. The summed E-state index contributed by atoms with van der Waals surface area (Å²) in [6.07, 6.45) is 6.18. The summed E-state index contributed by atoms with van der Waals surface area (Å²) >= 11 is 0. The Kier molecular flexibility index (Phi) is 3.55. The van der Waals surface area contributed by atoms with Gasteiger partial charge in [0.25, 0.3) is 0 Å². The third-order valence-corrected chi connectivity index (χ3v) is 4.39. The Bertz CT molecular complexity index is 441. The van der Waals surface area contributed by atoms with Gasteiger partial charge in [0.2, 0.25) is 0 Å². The maximum Gasteiger partial charge on any atom is 0.136 e. The Morgan fingerprint density at radius 3 is 2.74 bits per heavy atom. The molecule has 1 aliphatic heterocycles. The molecule has 3 rings (SSSR count). The van der Waals surface area contributed by atoms with Gasteiger partial charge in [-0.1, -0.05) is 12.8 Å². The molecule has 0 radical (unpaired) electrons. The molecule has 1 saturated carbocycles. The number of nitrogens with two attached hydrogens (primary N) is 1. The Morgan fingerprint density at radius 1 is 1.26 bits per heavy atom. The summed E-state index contributed by atoms with van der Waals surface area (Å²) in [4.78, 5) is 11.5. The SMILES string of the molecule is CN[C@@H]1CCN(c2cc(N)nc(C3CCCC3)n2)C1. The van der Waals surface area contributed by atoms with Gasteiger partial charge in [-0.05, 0) is 26.3 Å². The van der Waals surface area contributed by atoms with E-state index in [9.17, 15) is 0 Å². The molecule has 1 atom stereocenters. The molecule has 2 aliphatic rings. The Morgan fingerprint density at radius 2 is 2.05 bits per heavy atom. The van der Waals surface area contributed by atoms with E-state index in [-0.39, 0.29) is 0 Å². The van der Waals surface area contributed by atoms with E-state index in [0.29, 0.717) is 17.8 Å². The molecule has 1 saturated heterocycles. The van der Waals surface area contributed by atoms with Crippen molar-refractivity contribution in [2.24, 2.45) is 0 Å². The number of likely N-dealkylation sites (N-methyl/N-ethyl adjacent to an activating group) is 1. The molecule has 2 fully saturated rings. The highest BCUT2D eigenvalue weighted by atomic mass is 15.2. The van der Waals surface area contributed by atoms with Gasteiger partial charge in [0.05, 0.1) is 0 Å². The van der Waals surface area contributed by atoms with Crippen LogP contribution in [-0.2, 0) is 0 Å². The van der Waals surface area contributed by atoms with E-state index >= 15 is 0 Å². The van der Waals surface area contributed by atoms with Crippen molar-refractivity contribution in [3.63, 3.8) is 0 Å². The molecule has 1 aliphatic carbocycles. The number of hydrogen-bond donors (Lipinski definition) is 2. The van der Waals surface area contributed by atoms with Crippen molar-refractivity contribution in [2.45, 2.75) is 44.1 Å². The van der Waals surface area contributed by atoms with Crippen molar-refractivity contribution in [1.29, 1.82) is 0 Å². The standard InChI is InChI=1S/C14H23N5/c1-16-11-6-7-19(9-11)13-8-12(15)17-14(18-13)10-4-2-3-5-10/h8,10-11,16H,2-7,9H2,1H3,(H2,15,17,18)/t11-/m1/s1. The molecular weight excluding hydrogens is 238 g/mol. The minimum absolute atomic E-state index is 0.518. The summed E-state index contributed by atoms with van der Waals surface area (Å²) in [6, 6.07) is 2.47. The highest BCUT2D eigenvalue weighted by Gasteiger charge is 2.25. The first-order valence-corrected chi connectivity index (χ1v) is 7.33. The van der Waals surface area contributed by atoms with E-state index < -0.39 is 0 Å². The van der Waals surface area contributed by atoms with Gasteiger partial charge in [0.15, 0.2) is 0 Å². The molecule has 1 aromatic heterocycles. The first kappa shape index (κ1) is 12.7. The van der Waals surface area contributed by atoms with E-state index in [0.717, 1.165) is 24.7 Å². The van der Waals surface area contributed by atoms with E-state index in [1.165, 1.54) is 32.1 Å². The Labute approximate surface area is 114 Å². The van der Waals surface area contributed by atoms with E-state index in [1.807, 2.05) is 13.1 Å². The van der Waals surface area contributed by atoms with Crippen molar-refractivity contribution in [2.75, 3.05) is 30.8 Å². The summed E-state index contributed by atoms with van der Waals surface area (Å²) in [5.74, 6) is 3.09. The highest BCUT2D eigenvalue weighted by Crippen LogP contribution is 2.33. The molecule has 0 spiro atoms. The number of nitrogens with one attached hydrogen (secondary N) is 1. The molecule has 0 bridgehead atoms. The van der Waals surface area contributed by atoms with Gasteiger partial charge in [0.1, 0.15) is 17.5 Å². The minimum Gasteiger partial charge on any atom is -0.384 e. The van der Waals surface area contributed by atoms with Crippen LogP contribution in [0.1, 0.15) is 43.8 Å². The lowest BCUT2D eigenvalue weighted by Crippen LogP contribution is -2.30. The zero-order valence-electron chi connectivity index (χ0n) is 11.6. The monoisotopic (exact) mass is 261 g/mol. The maximum atomic E-state index is 5.97. The predicted molar refractivity (Wildman–Crippen MR) is 77.3 cm³/mol. The zero-order chi connectivity index (χ0) is 13.2. The molecule has 3 N–H and O–H groups in total. The van der Waals surface area contributed by atoms with Crippen LogP contribution in [0.25, 0.3) is 0 Å². The van der Waals surface area contributed by atoms with Crippen LogP contribution >= 0.6 is 0 Å². The van der Waals surface area contributed by atoms with Crippen molar-refractivity contribution in [1.82, 2.24) is 15.3 Å². The lowest BCUT2D eigenvalue weighted by molar-refractivity contribution is 0.616. The molecule has 19 heavy (non-hydrogen) atoms. The largest absolute Gasteiger partial charge is 0.384 e. The molecular formula is C14H23N5. The summed E-state index contributed by atoms with van der Waals surface area (Å²) in [7, 11) is 2.02. The number of rotatable bonds is 3. The van der Waals surface area contributed by atoms with Gasteiger partial charge in [-0.2, -0.15) is 0 Å². The maximum absolute atomic E-state index is 5.97. The fourth-order valence-electron chi connectivity index (χ4n) is 3.20. The smallest absolute Gasteiger partial charge is 0.136 e. The van der Waals surface area contributed by atoms with Gasteiger partial charge in [-0.3, -0.25) is 0 Å². The minimum atomic E-state index is 0.518. The number of hydrogen-bond acceptors (Lipinski definition) is 5. The number of nitrogens with zero attached hydrogens (tertiary/aromatic N) is 3. The second kappa shape index (κ2) is 5.33. The molecule has 0 aromatic carbocycles. The van der Waals surface area contributed by atoms with E-state index in [1.54, 1.807) is 0 Å². The second-order valence-electron chi connectivity index (χ2n) is 5.71. The van der Waals surface area contributed by atoms with Crippen LogP contribution < -0.4 is 16.0 Å². The van der Waals surface area contributed by atoms with Crippen LogP contribution in [0.3, 0.4) is 0 Å². The molecule has 5 nitrogen and oxygen atoms in total. The predicted octanol–water partition coefficient (Wildman–Crippen LogP) is 1.51. The molecule has 5 heteroatoms. The lowest BCUT2D eigenvalue weighted by atomic mass is 10.1. The van der Waals surface area contributed by atoms with E-state index in [2.05, 4.69) is 15.2 Å². The van der Waals surface area contributed by atoms with Gasteiger partial charge in [0, 0.05) is 31.1 Å². The third kappa shape index (κ3) is 2.66. The summed E-state index contributed by atoms with van der Waals surface area (Å²) in [6.45, 7) is 2.06. The molecule has 0 amide bonds. The molecule has 0 unspecified atom stereocenters. The topological polar surface area (TPSA) is 67.1 Å². The lowest BCUT2D eigenvalue weighted by Gasteiger charge is -2.19.